The maximum atomic E-state index is 4.32. The first kappa shape index (κ1) is 8.24. The molecule has 0 saturated heterocycles. The lowest BCUT2D eigenvalue weighted by molar-refractivity contribution is 0.868. The molecule has 1 nitrogen and oxygen atoms in total. The van der Waals surface area contributed by atoms with E-state index in [1.807, 2.05) is 12.3 Å². The first-order valence-corrected chi connectivity index (χ1v) is 4.62. The quantitative estimate of drug-likeness (QED) is 0.641. The molecule has 0 bridgehead atoms. The fourth-order valence-electron chi connectivity index (χ4n) is 1.44. The van der Waals surface area contributed by atoms with Crippen LogP contribution in [0.3, 0.4) is 0 Å². The van der Waals surface area contributed by atoms with E-state index in [1.54, 1.807) is 0 Å². The topological polar surface area (TPSA) is 12.9 Å². The molecule has 0 saturated carbocycles. The van der Waals surface area contributed by atoms with Crippen LogP contribution in [0.1, 0.15) is 25.3 Å². The first-order chi connectivity index (χ1) is 6.27. The van der Waals surface area contributed by atoms with Gasteiger partial charge in [-0.3, -0.25) is 4.98 Å². The van der Waals surface area contributed by atoms with Gasteiger partial charge in [-0.1, -0.05) is 32.0 Å². The molecule has 1 heteroatoms. The van der Waals surface area contributed by atoms with E-state index in [1.165, 1.54) is 10.9 Å². The summed E-state index contributed by atoms with van der Waals surface area (Å²) in [6, 6.07) is 10.5. The first-order valence-electron chi connectivity index (χ1n) is 4.62. The molecule has 0 aliphatic heterocycles. The van der Waals surface area contributed by atoms with E-state index in [0.717, 1.165) is 5.52 Å². The van der Waals surface area contributed by atoms with Crippen molar-refractivity contribution in [2.75, 3.05) is 0 Å². The second-order valence-electron chi connectivity index (χ2n) is 3.61. The summed E-state index contributed by atoms with van der Waals surface area (Å²) in [6.07, 6.45) is 1.84. The number of hydrogen-bond donors (Lipinski definition) is 0. The molecule has 1 aromatic carbocycles. The Hall–Kier alpha value is -1.37. The predicted octanol–water partition coefficient (Wildman–Crippen LogP) is 3.36. The smallest absolute Gasteiger partial charge is 0.0704 e. The van der Waals surface area contributed by atoms with Gasteiger partial charge in [0.05, 0.1) is 5.52 Å². The number of pyridine rings is 1. The summed E-state index contributed by atoms with van der Waals surface area (Å²) in [5.74, 6) is 0.575. The molecule has 0 amide bonds. The lowest BCUT2D eigenvalue weighted by Gasteiger charge is -2.05. The van der Waals surface area contributed by atoms with Crippen molar-refractivity contribution in [1.29, 1.82) is 0 Å². The SMILES string of the molecule is CC(C)c1ccc2cccnc2c1. The summed E-state index contributed by atoms with van der Waals surface area (Å²) in [4.78, 5) is 4.32. The highest BCUT2D eigenvalue weighted by Crippen LogP contribution is 2.19. The summed E-state index contributed by atoms with van der Waals surface area (Å²) in [7, 11) is 0. The van der Waals surface area contributed by atoms with Gasteiger partial charge in [0.2, 0.25) is 0 Å². The molecule has 0 atom stereocenters. The fraction of sp³-hybridized carbons (Fsp3) is 0.250. The minimum absolute atomic E-state index is 0.575. The van der Waals surface area contributed by atoms with Crippen LogP contribution in [-0.2, 0) is 0 Å². The molecule has 0 fully saturated rings. The molecule has 0 radical (unpaired) electrons. The van der Waals surface area contributed by atoms with Crippen molar-refractivity contribution in [2.45, 2.75) is 19.8 Å². The van der Waals surface area contributed by atoms with Crippen LogP contribution in [0.25, 0.3) is 10.9 Å². The van der Waals surface area contributed by atoms with E-state index in [2.05, 4.69) is 43.1 Å². The zero-order chi connectivity index (χ0) is 9.26. The van der Waals surface area contributed by atoms with Crippen molar-refractivity contribution in [3.63, 3.8) is 0 Å². The summed E-state index contributed by atoms with van der Waals surface area (Å²) in [6.45, 7) is 4.40. The molecule has 2 aromatic rings. The Kier molecular flexibility index (Phi) is 2.01. The maximum Gasteiger partial charge on any atom is 0.0704 e. The summed E-state index contributed by atoms with van der Waals surface area (Å²) < 4.78 is 0. The third-order valence-corrected chi connectivity index (χ3v) is 2.30. The van der Waals surface area contributed by atoms with Gasteiger partial charge in [-0.05, 0) is 23.6 Å². The fourth-order valence-corrected chi connectivity index (χ4v) is 1.44. The van der Waals surface area contributed by atoms with E-state index < -0.39 is 0 Å². The molecule has 0 aliphatic rings. The van der Waals surface area contributed by atoms with E-state index in [-0.39, 0.29) is 0 Å². The van der Waals surface area contributed by atoms with Gasteiger partial charge in [0.25, 0.3) is 0 Å². The molecule has 2 rings (SSSR count). The highest BCUT2D eigenvalue weighted by molar-refractivity contribution is 5.78. The zero-order valence-electron chi connectivity index (χ0n) is 7.99. The number of hydrogen-bond acceptors (Lipinski definition) is 1. The second-order valence-corrected chi connectivity index (χ2v) is 3.61. The summed E-state index contributed by atoms with van der Waals surface area (Å²) in [5, 5.41) is 1.21. The van der Waals surface area contributed by atoms with E-state index in [4.69, 9.17) is 0 Å². The van der Waals surface area contributed by atoms with Gasteiger partial charge in [0, 0.05) is 11.6 Å². The molecule has 1 aromatic heterocycles. The lowest BCUT2D eigenvalue weighted by Crippen LogP contribution is -1.87. The third kappa shape index (κ3) is 1.55. The van der Waals surface area contributed by atoms with Crippen LogP contribution in [0, 0.1) is 0 Å². The highest BCUT2D eigenvalue weighted by atomic mass is 14.6. The molecule has 1 heterocycles. The van der Waals surface area contributed by atoms with Crippen LogP contribution in [0.5, 0.6) is 0 Å². The average molecular weight is 171 g/mol. The lowest BCUT2D eigenvalue weighted by atomic mass is 10.0. The van der Waals surface area contributed by atoms with Gasteiger partial charge in [-0.25, -0.2) is 0 Å². The normalized spacial score (nSPS) is 11.0. The Balaban J connectivity index is 2.62. The molecule has 0 unspecified atom stereocenters. The Labute approximate surface area is 78.4 Å². The molecule has 66 valence electrons. The molecule has 13 heavy (non-hydrogen) atoms. The van der Waals surface area contributed by atoms with Crippen molar-refractivity contribution < 1.29 is 0 Å². The second kappa shape index (κ2) is 3.17. The van der Waals surface area contributed by atoms with Gasteiger partial charge in [-0.2, -0.15) is 0 Å². The maximum absolute atomic E-state index is 4.32. The number of fused-ring (bicyclic) bond motifs is 1. The van der Waals surface area contributed by atoms with E-state index in [0.29, 0.717) is 5.92 Å². The van der Waals surface area contributed by atoms with Gasteiger partial charge in [0.15, 0.2) is 0 Å². The summed E-state index contributed by atoms with van der Waals surface area (Å²) >= 11 is 0. The van der Waals surface area contributed by atoms with Crippen molar-refractivity contribution >= 4 is 10.9 Å². The standard InChI is InChI=1S/C12H13N/c1-9(2)11-6-5-10-4-3-7-13-12(10)8-11/h3-9H,1-2H3. The van der Waals surface area contributed by atoms with Gasteiger partial charge in [0.1, 0.15) is 0 Å². The molecule has 0 aliphatic carbocycles. The molecule has 0 N–H and O–H groups in total. The van der Waals surface area contributed by atoms with Crippen molar-refractivity contribution in [2.24, 2.45) is 0 Å². The summed E-state index contributed by atoms with van der Waals surface area (Å²) in [5.41, 5.74) is 2.44. The van der Waals surface area contributed by atoms with Crippen LogP contribution < -0.4 is 0 Å². The minimum atomic E-state index is 0.575. The number of aromatic nitrogens is 1. The molecular weight excluding hydrogens is 158 g/mol. The average Bonchev–Trinajstić information content (AvgIpc) is 2.17. The number of nitrogens with zero attached hydrogens (tertiary/aromatic N) is 1. The Morgan fingerprint density at radius 1 is 1.15 bits per heavy atom. The van der Waals surface area contributed by atoms with Crippen LogP contribution >= 0.6 is 0 Å². The van der Waals surface area contributed by atoms with Gasteiger partial charge < -0.3 is 0 Å². The predicted molar refractivity (Wildman–Crippen MR) is 55.8 cm³/mol. The Bertz CT molecular complexity index is 418. The number of rotatable bonds is 1. The monoisotopic (exact) mass is 171 g/mol. The van der Waals surface area contributed by atoms with Crippen LogP contribution in [0.4, 0.5) is 0 Å². The van der Waals surface area contributed by atoms with E-state index >= 15 is 0 Å². The van der Waals surface area contributed by atoms with Crippen molar-refractivity contribution in [1.82, 2.24) is 4.98 Å². The van der Waals surface area contributed by atoms with Crippen LogP contribution in [-0.4, -0.2) is 4.98 Å². The largest absolute Gasteiger partial charge is 0.256 e. The molecule has 0 spiro atoms. The van der Waals surface area contributed by atoms with Crippen LogP contribution in [0.15, 0.2) is 36.5 Å². The zero-order valence-corrected chi connectivity index (χ0v) is 7.99. The number of benzene rings is 1. The highest BCUT2D eigenvalue weighted by Gasteiger charge is 1.99. The Morgan fingerprint density at radius 2 is 2.00 bits per heavy atom. The van der Waals surface area contributed by atoms with Crippen molar-refractivity contribution in [3.05, 3.63) is 42.1 Å². The van der Waals surface area contributed by atoms with Gasteiger partial charge >= 0.3 is 0 Å². The Morgan fingerprint density at radius 3 is 2.77 bits per heavy atom. The van der Waals surface area contributed by atoms with E-state index in [9.17, 15) is 0 Å². The minimum Gasteiger partial charge on any atom is -0.256 e. The van der Waals surface area contributed by atoms with Crippen molar-refractivity contribution in [3.8, 4) is 0 Å². The van der Waals surface area contributed by atoms with Gasteiger partial charge in [-0.15, -0.1) is 0 Å². The van der Waals surface area contributed by atoms with Crippen LogP contribution in [0.2, 0.25) is 0 Å². The third-order valence-electron chi connectivity index (χ3n) is 2.30. The molecular formula is C12H13N.